The largest absolute Gasteiger partial charge is 0.427 e. The van der Waals surface area contributed by atoms with Crippen LogP contribution in [0.2, 0.25) is 0 Å². The van der Waals surface area contributed by atoms with Crippen LogP contribution in [0.25, 0.3) is 0 Å². The summed E-state index contributed by atoms with van der Waals surface area (Å²) >= 11 is 0. The van der Waals surface area contributed by atoms with Gasteiger partial charge in [0.15, 0.2) is 11.3 Å². The van der Waals surface area contributed by atoms with Gasteiger partial charge in [0.25, 0.3) is 0 Å². The molecule has 0 spiro atoms. The van der Waals surface area contributed by atoms with Gasteiger partial charge in [-0.15, -0.1) is 0 Å². The zero-order valence-corrected chi connectivity index (χ0v) is 9.96. The number of aromatic nitrogens is 2. The molecule has 7 heteroatoms. The van der Waals surface area contributed by atoms with Crippen molar-refractivity contribution in [2.75, 3.05) is 0 Å². The number of carbonyl (C=O) groups is 1. The SMILES string of the molecule is Cn1c(=N)c(F)cn(C(=O)Oc2ccccc2)c1=O. The van der Waals surface area contributed by atoms with Crippen LogP contribution in [0.5, 0.6) is 5.75 Å². The summed E-state index contributed by atoms with van der Waals surface area (Å²) in [6, 6.07) is 8.09. The second-order valence-corrected chi connectivity index (χ2v) is 3.72. The lowest BCUT2D eigenvalue weighted by Crippen LogP contribution is -2.42. The van der Waals surface area contributed by atoms with E-state index in [0.717, 1.165) is 0 Å². The molecule has 0 saturated carbocycles. The molecule has 0 radical (unpaired) electrons. The minimum atomic E-state index is -1.04. The average Bonchev–Trinajstić information content (AvgIpc) is 2.41. The molecular weight excluding hydrogens is 253 g/mol. The summed E-state index contributed by atoms with van der Waals surface area (Å²) in [5.74, 6) is -0.760. The third-order valence-corrected chi connectivity index (χ3v) is 2.44. The zero-order chi connectivity index (χ0) is 14.0. The van der Waals surface area contributed by atoms with E-state index in [2.05, 4.69) is 0 Å². The topological polar surface area (TPSA) is 77.1 Å². The van der Waals surface area contributed by atoms with Crippen LogP contribution in [0.15, 0.2) is 41.3 Å². The smallest absolute Gasteiger partial charge is 0.410 e. The van der Waals surface area contributed by atoms with Crippen molar-refractivity contribution >= 4 is 6.09 Å². The van der Waals surface area contributed by atoms with E-state index in [1.54, 1.807) is 18.2 Å². The van der Waals surface area contributed by atoms with Gasteiger partial charge in [0, 0.05) is 7.05 Å². The molecule has 1 aromatic carbocycles. The summed E-state index contributed by atoms with van der Waals surface area (Å²) in [6.45, 7) is 0. The van der Waals surface area contributed by atoms with Crippen molar-refractivity contribution in [1.29, 1.82) is 5.41 Å². The van der Waals surface area contributed by atoms with E-state index in [1.165, 1.54) is 19.2 Å². The first-order valence-electron chi connectivity index (χ1n) is 5.30. The summed E-state index contributed by atoms with van der Waals surface area (Å²) in [6.07, 6.45) is -0.402. The molecule has 0 aliphatic heterocycles. The van der Waals surface area contributed by atoms with Crippen LogP contribution in [0.1, 0.15) is 0 Å². The van der Waals surface area contributed by atoms with Crippen LogP contribution < -0.4 is 15.9 Å². The maximum Gasteiger partial charge on any atom is 0.427 e. The second kappa shape index (κ2) is 4.89. The number of para-hydroxylation sites is 1. The third-order valence-electron chi connectivity index (χ3n) is 2.44. The van der Waals surface area contributed by atoms with Crippen molar-refractivity contribution in [2.24, 2.45) is 7.05 Å². The second-order valence-electron chi connectivity index (χ2n) is 3.72. The fraction of sp³-hybridized carbons (Fsp3) is 0.0833. The van der Waals surface area contributed by atoms with Crippen LogP contribution in [0.3, 0.4) is 0 Å². The Morgan fingerprint density at radius 1 is 1.32 bits per heavy atom. The van der Waals surface area contributed by atoms with E-state index in [9.17, 15) is 14.0 Å². The number of nitrogens with one attached hydrogen (secondary N) is 1. The summed E-state index contributed by atoms with van der Waals surface area (Å²) in [7, 11) is 1.19. The Kier molecular flexibility index (Phi) is 3.28. The summed E-state index contributed by atoms with van der Waals surface area (Å²) in [5, 5.41) is 7.27. The Bertz CT molecular complexity index is 734. The van der Waals surface area contributed by atoms with E-state index in [4.69, 9.17) is 10.1 Å². The Morgan fingerprint density at radius 3 is 2.58 bits per heavy atom. The molecule has 0 bridgehead atoms. The van der Waals surface area contributed by atoms with Crippen molar-refractivity contribution in [1.82, 2.24) is 9.13 Å². The van der Waals surface area contributed by atoms with Crippen molar-refractivity contribution in [3.63, 3.8) is 0 Å². The van der Waals surface area contributed by atoms with Crippen LogP contribution in [0.4, 0.5) is 9.18 Å². The molecule has 2 aromatic rings. The monoisotopic (exact) mass is 263 g/mol. The van der Waals surface area contributed by atoms with Gasteiger partial charge in [0.1, 0.15) is 5.75 Å². The molecule has 1 aromatic heterocycles. The Balaban J connectivity index is 2.41. The van der Waals surface area contributed by atoms with Crippen LogP contribution >= 0.6 is 0 Å². The van der Waals surface area contributed by atoms with Gasteiger partial charge in [0.05, 0.1) is 6.20 Å². The molecule has 0 aliphatic carbocycles. The number of halogens is 1. The summed E-state index contributed by atoms with van der Waals surface area (Å²) in [4.78, 5) is 23.5. The highest BCUT2D eigenvalue weighted by molar-refractivity contribution is 5.72. The standard InChI is InChI=1S/C12H10FN3O3/c1-15-10(14)9(13)7-16(11(15)17)12(18)19-8-5-3-2-4-6-8/h2-7,14H,1H3. The Hall–Kier alpha value is -2.70. The van der Waals surface area contributed by atoms with Crippen LogP contribution in [0, 0.1) is 11.2 Å². The molecule has 0 fully saturated rings. The molecule has 0 unspecified atom stereocenters. The molecule has 6 nitrogen and oxygen atoms in total. The molecule has 98 valence electrons. The number of rotatable bonds is 1. The van der Waals surface area contributed by atoms with E-state index >= 15 is 0 Å². The highest BCUT2D eigenvalue weighted by Gasteiger charge is 2.14. The zero-order valence-electron chi connectivity index (χ0n) is 9.96. The minimum absolute atomic E-state index is 0.234. The van der Waals surface area contributed by atoms with E-state index < -0.39 is 23.1 Å². The Morgan fingerprint density at radius 2 is 1.95 bits per heavy atom. The number of hydrogen-bond donors (Lipinski definition) is 1. The average molecular weight is 263 g/mol. The molecular formula is C12H10FN3O3. The highest BCUT2D eigenvalue weighted by atomic mass is 19.1. The predicted molar refractivity (Wildman–Crippen MR) is 63.3 cm³/mol. The quantitative estimate of drug-likeness (QED) is 0.828. The number of hydrogen-bond acceptors (Lipinski definition) is 4. The van der Waals surface area contributed by atoms with Gasteiger partial charge < -0.3 is 4.74 Å². The lowest BCUT2D eigenvalue weighted by Gasteiger charge is -2.07. The third kappa shape index (κ3) is 2.44. The van der Waals surface area contributed by atoms with E-state index in [0.29, 0.717) is 15.3 Å². The lowest BCUT2D eigenvalue weighted by atomic mass is 10.3. The van der Waals surface area contributed by atoms with Gasteiger partial charge >= 0.3 is 11.8 Å². The predicted octanol–water partition coefficient (Wildman–Crippen LogP) is 0.852. The van der Waals surface area contributed by atoms with Crippen molar-refractivity contribution in [3.8, 4) is 5.75 Å². The highest BCUT2D eigenvalue weighted by Crippen LogP contribution is 2.08. The van der Waals surface area contributed by atoms with Crippen LogP contribution in [-0.4, -0.2) is 15.2 Å². The first-order chi connectivity index (χ1) is 9.00. The molecule has 1 N–H and O–H groups in total. The van der Waals surface area contributed by atoms with Gasteiger partial charge in [-0.3, -0.25) is 9.98 Å². The maximum atomic E-state index is 13.3. The molecule has 0 atom stereocenters. The Labute approximate surface area is 106 Å². The number of benzene rings is 1. The normalized spacial score (nSPS) is 10.2. The first kappa shape index (κ1) is 12.7. The maximum absolute atomic E-state index is 13.3. The summed E-state index contributed by atoms with van der Waals surface area (Å²) < 4.78 is 19.4. The molecule has 1 heterocycles. The molecule has 2 rings (SSSR count). The number of nitrogens with zero attached hydrogens (tertiary/aromatic N) is 2. The van der Waals surface area contributed by atoms with Crippen molar-refractivity contribution in [3.05, 3.63) is 58.3 Å². The first-order valence-corrected chi connectivity index (χ1v) is 5.30. The fourth-order valence-corrected chi connectivity index (χ4v) is 1.42. The van der Waals surface area contributed by atoms with Crippen LogP contribution in [-0.2, 0) is 7.05 Å². The molecule has 0 saturated heterocycles. The molecule has 0 amide bonds. The minimum Gasteiger partial charge on any atom is -0.410 e. The van der Waals surface area contributed by atoms with Crippen molar-refractivity contribution in [2.45, 2.75) is 0 Å². The van der Waals surface area contributed by atoms with E-state index in [-0.39, 0.29) is 5.75 Å². The van der Waals surface area contributed by atoms with E-state index in [1.807, 2.05) is 0 Å². The molecule has 0 aliphatic rings. The number of ether oxygens (including phenoxy) is 1. The van der Waals surface area contributed by atoms with Gasteiger partial charge in [0.2, 0.25) is 0 Å². The fourth-order valence-electron chi connectivity index (χ4n) is 1.42. The van der Waals surface area contributed by atoms with Gasteiger partial charge in [-0.2, -0.15) is 4.57 Å². The van der Waals surface area contributed by atoms with Gasteiger partial charge in [-0.25, -0.2) is 14.0 Å². The molecule has 19 heavy (non-hydrogen) atoms. The number of carbonyl (C=O) groups excluding carboxylic acids is 1. The van der Waals surface area contributed by atoms with Crippen molar-refractivity contribution < 1.29 is 13.9 Å². The van der Waals surface area contributed by atoms with Gasteiger partial charge in [-0.1, -0.05) is 18.2 Å². The lowest BCUT2D eigenvalue weighted by molar-refractivity contribution is 0.199. The summed E-state index contributed by atoms with van der Waals surface area (Å²) in [5.41, 5.74) is -1.46. The van der Waals surface area contributed by atoms with Gasteiger partial charge in [-0.05, 0) is 12.1 Å².